The number of hydrogen-bond donors (Lipinski definition) is 1. The Hall–Kier alpha value is -0.570. The van der Waals surface area contributed by atoms with E-state index in [-0.39, 0.29) is 5.84 Å². The van der Waals surface area contributed by atoms with Crippen molar-refractivity contribution in [3.05, 3.63) is 11.9 Å². The fourth-order valence-electron chi connectivity index (χ4n) is 0.401. The van der Waals surface area contributed by atoms with Gasteiger partial charge in [0.15, 0.2) is 11.7 Å². The molecule has 58 valence electrons. The highest BCUT2D eigenvalue weighted by atomic mass is 35.5. The molecule has 0 aliphatic rings. The van der Waals surface area contributed by atoms with Crippen LogP contribution in [0.4, 0.5) is 4.39 Å². The number of aliphatic imine (C=N–C) groups is 1. The van der Waals surface area contributed by atoms with Gasteiger partial charge >= 0.3 is 0 Å². The van der Waals surface area contributed by atoms with Crippen LogP contribution in [0.2, 0.25) is 0 Å². The molecule has 2 nitrogen and oxygen atoms in total. The monoisotopic (exact) mass is 164 g/mol. The highest BCUT2D eigenvalue weighted by Gasteiger charge is 1.99. The summed E-state index contributed by atoms with van der Waals surface area (Å²) in [6.45, 7) is 3.15. The van der Waals surface area contributed by atoms with Crippen molar-refractivity contribution >= 4 is 17.4 Å². The number of nitrogens with zero attached hydrogens (tertiary/aromatic N) is 1. The Labute approximate surface area is 64.6 Å². The Bertz CT molecular complexity index is 163. The van der Waals surface area contributed by atoms with Crippen LogP contribution in [0.5, 0.6) is 0 Å². The minimum atomic E-state index is -0.535. The summed E-state index contributed by atoms with van der Waals surface area (Å²) < 4.78 is 12.4. The lowest BCUT2D eigenvalue weighted by atomic mass is 10.4. The summed E-state index contributed by atoms with van der Waals surface area (Å²) in [5.41, 5.74) is 4.67. The molecule has 0 spiro atoms. The number of halogens is 2. The average Bonchev–Trinajstić information content (AvgIpc) is 1.85. The first-order valence-corrected chi connectivity index (χ1v) is 3.31. The Kier molecular flexibility index (Phi) is 4.03. The van der Waals surface area contributed by atoms with E-state index in [9.17, 15) is 4.39 Å². The van der Waals surface area contributed by atoms with Crippen molar-refractivity contribution in [3.63, 3.8) is 0 Å². The van der Waals surface area contributed by atoms with E-state index >= 15 is 0 Å². The molecule has 1 unspecified atom stereocenters. The molecule has 1 atom stereocenters. The van der Waals surface area contributed by atoms with E-state index in [4.69, 9.17) is 17.3 Å². The molecule has 0 saturated heterocycles. The average molecular weight is 165 g/mol. The van der Waals surface area contributed by atoms with Crippen molar-refractivity contribution in [3.8, 4) is 0 Å². The largest absolute Gasteiger partial charge is 0.382 e. The molecule has 4 heteroatoms. The van der Waals surface area contributed by atoms with Gasteiger partial charge in [-0.3, -0.25) is 0 Å². The normalized spacial score (nSPS) is 17.2. The number of amidine groups is 1. The molecule has 0 bridgehead atoms. The van der Waals surface area contributed by atoms with Gasteiger partial charge < -0.3 is 5.73 Å². The fraction of sp³-hybridized carbons (Fsp3) is 0.500. The van der Waals surface area contributed by atoms with Gasteiger partial charge in [-0.15, -0.1) is 0 Å². The number of rotatable bonds is 2. The first kappa shape index (κ1) is 9.43. The van der Waals surface area contributed by atoms with Gasteiger partial charge in [0.05, 0.1) is 0 Å². The van der Waals surface area contributed by atoms with Gasteiger partial charge in [0.2, 0.25) is 0 Å². The summed E-state index contributed by atoms with van der Waals surface area (Å²) in [7, 11) is 0. The number of alkyl halides is 1. The van der Waals surface area contributed by atoms with Gasteiger partial charge in [-0.05, 0) is 19.9 Å². The van der Waals surface area contributed by atoms with Crippen LogP contribution in [0.25, 0.3) is 0 Å². The van der Waals surface area contributed by atoms with Crippen LogP contribution in [0.3, 0.4) is 0 Å². The molecule has 0 radical (unpaired) electrons. The second-order valence-corrected chi connectivity index (χ2v) is 2.36. The first-order chi connectivity index (χ1) is 4.57. The molecule has 0 aliphatic carbocycles. The zero-order valence-corrected chi connectivity index (χ0v) is 6.69. The summed E-state index contributed by atoms with van der Waals surface area (Å²) >= 11 is 5.41. The Balaban J connectivity index is 4.20. The van der Waals surface area contributed by atoms with Gasteiger partial charge in [-0.25, -0.2) is 9.38 Å². The zero-order valence-electron chi connectivity index (χ0n) is 5.94. The van der Waals surface area contributed by atoms with Crippen LogP contribution < -0.4 is 5.73 Å². The van der Waals surface area contributed by atoms with E-state index in [0.29, 0.717) is 0 Å². The maximum absolute atomic E-state index is 12.4. The van der Waals surface area contributed by atoms with Crippen LogP contribution in [-0.2, 0) is 0 Å². The predicted molar refractivity (Wildman–Crippen MR) is 41.8 cm³/mol. The molecule has 0 aromatic rings. The third kappa shape index (κ3) is 3.45. The molecular weight excluding hydrogens is 155 g/mol. The summed E-state index contributed by atoms with van der Waals surface area (Å²) in [5.74, 6) is -0.683. The summed E-state index contributed by atoms with van der Waals surface area (Å²) in [6.07, 6.45) is 1.23. The van der Waals surface area contributed by atoms with Crippen molar-refractivity contribution in [1.29, 1.82) is 0 Å². The minimum absolute atomic E-state index is 0.148. The smallest absolute Gasteiger partial charge is 0.160 e. The van der Waals surface area contributed by atoms with E-state index in [1.807, 2.05) is 0 Å². The van der Waals surface area contributed by atoms with Crippen molar-refractivity contribution < 1.29 is 4.39 Å². The van der Waals surface area contributed by atoms with E-state index in [2.05, 4.69) is 4.99 Å². The zero-order chi connectivity index (χ0) is 8.15. The molecule has 0 rings (SSSR count). The molecular formula is C6H10ClFN2. The fourth-order valence-corrected chi connectivity index (χ4v) is 0.506. The molecule has 0 aromatic heterocycles. The number of nitrogens with two attached hydrogens (primary N) is 1. The van der Waals surface area contributed by atoms with Crippen molar-refractivity contribution in [2.45, 2.75) is 19.3 Å². The molecule has 10 heavy (non-hydrogen) atoms. The number of hydrogen-bond acceptors (Lipinski definition) is 1. The molecule has 2 N–H and O–H groups in total. The number of allylic oxidation sites excluding steroid dienone is 1. The standard InChI is InChI=1S/C6H10ClFN2/c1-3-5(8)6(9)10-4(2)7/h3-4H,1-2H3,(H2,9,10)/b5-3+. The maximum Gasteiger partial charge on any atom is 0.160 e. The van der Waals surface area contributed by atoms with E-state index in [1.54, 1.807) is 6.92 Å². The van der Waals surface area contributed by atoms with Gasteiger partial charge in [0, 0.05) is 0 Å². The second-order valence-electron chi connectivity index (χ2n) is 1.72. The van der Waals surface area contributed by atoms with Gasteiger partial charge in [-0.1, -0.05) is 11.6 Å². The van der Waals surface area contributed by atoms with Crippen molar-refractivity contribution in [2.75, 3.05) is 0 Å². The van der Waals surface area contributed by atoms with Gasteiger partial charge in [0.25, 0.3) is 0 Å². The molecule has 0 aliphatic heterocycles. The van der Waals surface area contributed by atoms with Crippen LogP contribution in [-0.4, -0.2) is 11.3 Å². The summed E-state index contributed by atoms with van der Waals surface area (Å²) in [6, 6.07) is 0. The van der Waals surface area contributed by atoms with Gasteiger partial charge in [-0.2, -0.15) is 0 Å². The first-order valence-electron chi connectivity index (χ1n) is 2.87. The molecule has 0 saturated carbocycles. The molecule has 0 aromatic carbocycles. The Morgan fingerprint density at radius 3 is 2.60 bits per heavy atom. The summed E-state index contributed by atoms with van der Waals surface area (Å²) in [5, 5.41) is 0. The van der Waals surface area contributed by atoms with Crippen LogP contribution >= 0.6 is 11.6 Å². The quantitative estimate of drug-likeness (QED) is 0.288. The lowest BCUT2D eigenvalue weighted by molar-refractivity contribution is 0.675. The minimum Gasteiger partial charge on any atom is -0.382 e. The van der Waals surface area contributed by atoms with Crippen LogP contribution in [0.15, 0.2) is 16.9 Å². The van der Waals surface area contributed by atoms with Gasteiger partial charge in [0.1, 0.15) is 5.50 Å². The van der Waals surface area contributed by atoms with Crippen LogP contribution in [0.1, 0.15) is 13.8 Å². The SMILES string of the molecule is C/C=C(F)\C(N)=N/C(C)Cl. The summed E-state index contributed by atoms with van der Waals surface area (Å²) in [4.78, 5) is 3.56. The molecule has 0 amide bonds. The maximum atomic E-state index is 12.4. The van der Waals surface area contributed by atoms with E-state index < -0.39 is 11.3 Å². The Morgan fingerprint density at radius 2 is 2.30 bits per heavy atom. The molecule has 0 fully saturated rings. The Morgan fingerprint density at radius 1 is 1.80 bits per heavy atom. The van der Waals surface area contributed by atoms with Crippen molar-refractivity contribution in [2.24, 2.45) is 10.7 Å². The van der Waals surface area contributed by atoms with E-state index in [0.717, 1.165) is 0 Å². The third-order valence-electron chi connectivity index (χ3n) is 0.815. The lowest BCUT2D eigenvalue weighted by Crippen LogP contribution is -2.13. The van der Waals surface area contributed by atoms with Crippen LogP contribution in [0, 0.1) is 0 Å². The predicted octanol–water partition coefficient (Wildman–Crippen LogP) is 1.80. The van der Waals surface area contributed by atoms with Crippen molar-refractivity contribution in [1.82, 2.24) is 0 Å². The molecule has 0 heterocycles. The highest BCUT2D eigenvalue weighted by Crippen LogP contribution is 2.00. The lowest BCUT2D eigenvalue weighted by Gasteiger charge is -1.97. The topological polar surface area (TPSA) is 38.4 Å². The van der Waals surface area contributed by atoms with E-state index in [1.165, 1.54) is 13.0 Å². The highest BCUT2D eigenvalue weighted by molar-refractivity contribution is 6.21. The third-order valence-corrected chi connectivity index (χ3v) is 0.913. The second kappa shape index (κ2) is 4.28.